The molecule has 0 aromatic heterocycles. The molecule has 0 unspecified atom stereocenters. The Morgan fingerprint density at radius 3 is 1.83 bits per heavy atom. The second-order valence-electron chi connectivity index (χ2n) is 5.54. The van der Waals surface area contributed by atoms with E-state index < -0.39 is 17.6 Å². The molecule has 134 valence electrons. The molecule has 0 aliphatic carbocycles. The minimum Gasteiger partial charge on any atom is -0.450 e. The lowest BCUT2D eigenvalue weighted by Gasteiger charge is -2.34. The summed E-state index contributed by atoms with van der Waals surface area (Å²) in [4.78, 5) is 23.4. The van der Waals surface area contributed by atoms with Crippen molar-refractivity contribution in [3.05, 3.63) is 35.9 Å². The highest BCUT2D eigenvalue weighted by Crippen LogP contribution is 2.28. The van der Waals surface area contributed by atoms with Gasteiger partial charge in [-0.15, -0.1) is 0 Å². The summed E-state index contributed by atoms with van der Waals surface area (Å²) in [6.07, 6.45) is 0.801. The number of benzene rings is 1. The fourth-order valence-corrected chi connectivity index (χ4v) is 2.70. The SMILES string of the molecule is CCCC(CNC(=O)OCC)(CNC(=O)OCC)c1ccccc1. The highest BCUT2D eigenvalue weighted by Gasteiger charge is 2.32. The van der Waals surface area contributed by atoms with Crippen LogP contribution in [-0.2, 0) is 14.9 Å². The van der Waals surface area contributed by atoms with Crippen LogP contribution in [0.3, 0.4) is 0 Å². The number of hydrogen-bond donors (Lipinski definition) is 2. The molecule has 6 heteroatoms. The Hall–Kier alpha value is -2.24. The molecule has 0 atom stereocenters. The summed E-state index contributed by atoms with van der Waals surface area (Å²) in [5.41, 5.74) is 0.635. The van der Waals surface area contributed by atoms with Crippen molar-refractivity contribution in [3.8, 4) is 0 Å². The molecular formula is C18H28N2O4. The van der Waals surface area contributed by atoms with E-state index in [-0.39, 0.29) is 0 Å². The number of hydrogen-bond acceptors (Lipinski definition) is 4. The van der Waals surface area contributed by atoms with E-state index in [1.165, 1.54) is 0 Å². The van der Waals surface area contributed by atoms with E-state index in [1.807, 2.05) is 30.3 Å². The molecule has 0 saturated heterocycles. The zero-order valence-corrected chi connectivity index (χ0v) is 14.8. The van der Waals surface area contributed by atoms with E-state index in [2.05, 4.69) is 17.6 Å². The molecular weight excluding hydrogens is 308 g/mol. The first-order valence-corrected chi connectivity index (χ1v) is 8.44. The van der Waals surface area contributed by atoms with Gasteiger partial charge in [-0.05, 0) is 25.8 Å². The molecule has 0 aliphatic heterocycles. The van der Waals surface area contributed by atoms with Crippen molar-refractivity contribution in [1.82, 2.24) is 10.6 Å². The number of carbonyl (C=O) groups is 2. The Morgan fingerprint density at radius 2 is 1.42 bits per heavy atom. The summed E-state index contributed by atoms with van der Waals surface area (Å²) in [6.45, 7) is 6.98. The van der Waals surface area contributed by atoms with Crippen LogP contribution < -0.4 is 10.6 Å². The highest BCUT2D eigenvalue weighted by molar-refractivity contribution is 5.68. The van der Waals surface area contributed by atoms with Crippen molar-refractivity contribution in [2.24, 2.45) is 0 Å². The van der Waals surface area contributed by atoms with Gasteiger partial charge in [-0.25, -0.2) is 9.59 Å². The molecule has 1 aromatic carbocycles. The average Bonchev–Trinajstić information content (AvgIpc) is 2.59. The summed E-state index contributed by atoms with van der Waals surface area (Å²) in [5, 5.41) is 5.62. The van der Waals surface area contributed by atoms with Crippen molar-refractivity contribution < 1.29 is 19.1 Å². The van der Waals surface area contributed by atoms with Crippen molar-refractivity contribution >= 4 is 12.2 Å². The number of nitrogens with one attached hydrogen (secondary N) is 2. The molecule has 24 heavy (non-hydrogen) atoms. The van der Waals surface area contributed by atoms with Crippen LogP contribution in [-0.4, -0.2) is 38.5 Å². The van der Waals surface area contributed by atoms with Crippen LogP contribution in [0.5, 0.6) is 0 Å². The normalized spacial score (nSPS) is 10.8. The van der Waals surface area contributed by atoms with E-state index in [1.54, 1.807) is 13.8 Å². The second kappa shape index (κ2) is 10.5. The lowest BCUT2D eigenvalue weighted by molar-refractivity contribution is 0.144. The van der Waals surface area contributed by atoms with Gasteiger partial charge in [0, 0.05) is 18.5 Å². The quantitative estimate of drug-likeness (QED) is 0.726. The minimum absolute atomic E-state index is 0.318. The van der Waals surface area contributed by atoms with Crippen LogP contribution in [0.1, 0.15) is 39.2 Å². The Labute approximate surface area is 143 Å². The first-order chi connectivity index (χ1) is 11.6. The molecule has 0 fully saturated rings. The summed E-state index contributed by atoms with van der Waals surface area (Å²) in [6, 6.07) is 9.87. The maximum Gasteiger partial charge on any atom is 0.407 e. The highest BCUT2D eigenvalue weighted by atomic mass is 16.6. The van der Waals surface area contributed by atoms with Gasteiger partial charge in [-0.2, -0.15) is 0 Å². The van der Waals surface area contributed by atoms with Gasteiger partial charge in [-0.3, -0.25) is 0 Å². The molecule has 0 radical (unpaired) electrons. The lowest BCUT2D eigenvalue weighted by Crippen LogP contribution is -2.48. The number of amides is 2. The molecule has 2 N–H and O–H groups in total. The standard InChI is InChI=1S/C18H28N2O4/c1-4-12-18(13-19-16(21)23-5-2,14-20-17(22)24-6-3)15-10-8-7-9-11-15/h7-11H,4-6,12-14H2,1-3H3,(H,19,21)(H,20,22). The van der Waals surface area contributed by atoms with Gasteiger partial charge in [0.25, 0.3) is 0 Å². The van der Waals surface area contributed by atoms with Crippen LogP contribution in [0.25, 0.3) is 0 Å². The van der Waals surface area contributed by atoms with Gasteiger partial charge in [0.2, 0.25) is 0 Å². The van der Waals surface area contributed by atoms with Crippen LogP contribution >= 0.6 is 0 Å². The summed E-state index contributed by atoms with van der Waals surface area (Å²) >= 11 is 0. The predicted octanol–water partition coefficient (Wildman–Crippen LogP) is 3.22. The van der Waals surface area contributed by atoms with Crippen LogP contribution in [0.4, 0.5) is 9.59 Å². The number of carbonyl (C=O) groups excluding carboxylic acids is 2. The maximum absolute atomic E-state index is 11.7. The molecule has 1 aromatic rings. The lowest BCUT2D eigenvalue weighted by atomic mass is 9.76. The van der Waals surface area contributed by atoms with Crippen molar-refractivity contribution in [2.45, 2.75) is 39.0 Å². The zero-order valence-electron chi connectivity index (χ0n) is 14.8. The molecule has 0 saturated carbocycles. The Kier molecular flexibility index (Phi) is 8.68. The molecule has 6 nitrogen and oxygen atoms in total. The first kappa shape index (κ1) is 19.8. The molecule has 1 rings (SSSR count). The van der Waals surface area contributed by atoms with E-state index in [0.717, 1.165) is 18.4 Å². The van der Waals surface area contributed by atoms with Gasteiger partial charge in [0.1, 0.15) is 0 Å². The Morgan fingerprint density at radius 1 is 0.917 bits per heavy atom. The molecule has 0 spiro atoms. The van der Waals surface area contributed by atoms with Crippen molar-refractivity contribution in [3.63, 3.8) is 0 Å². The number of ether oxygens (including phenoxy) is 2. The van der Waals surface area contributed by atoms with E-state index in [9.17, 15) is 9.59 Å². The topological polar surface area (TPSA) is 76.7 Å². The van der Waals surface area contributed by atoms with E-state index in [4.69, 9.17) is 9.47 Å². The van der Waals surface area contributed by atoms with Crippen molar-refractivity contribution in [2.75, 3.05) is 26.3 Å². The first-order valence-electron chi connectivity index (χ1n) is 8.44. The fraction of sp³-hybridized carbons (Fsp3) is 0.556. The molecule has 0 bridgehead atoms. The molecule has 0 heterocycles. The van der Waals surface area contributed by atoms with Gasteiger partial charge < -0.3 is 20.1 Å². The monoisotopic (exact) mass is 336 g/mol. The zero-order chi connectivity index (χ0) is 17.8. The third kappa shape index (κ3) is 6.10. The van der Waals surface area contributed by atoms with Crippen LogP contribution in [0.2, 0.25) is 0 Å². The van der Waals surface area contributed by atoms with Crippen LogP contribution in [0.15, 0.2) is 30.3 Å². The summed E-state index contributed by atoms with van der Waals surface area (Å²) in [7, 11) is 0. The summed E-state index contributed by atoms with van der Waals surface area (Å²) < 4.78 is 9.91. The van der Waals surface area contributed by atoms with Crippen LogP contribution in [0, 0.1) is 0 Å². The van der Waals surface area contributed by atoms with Gasteiger partial charge in [-0.1, -0.05) is 43.7 Å². The van der Waals surface area contributed by atoms with E-state index in [0.29, 0.717) is 26.3 Å². The van der Waals surface area contributed by atoms with Gasteiger partial charge in [0.15, 0.2) is 0 Å². The molecule has 0 aliphatic rings. The van der Waals surface area contributed by atoms with Crippen molar-refractivity contribution in [1.29, 1.82) is 0 Å². The third-order valence-corrected chi connectivity index (χ3v) is 3.81. The summed E-state index contributed by atoms with van der Waals surface area (Å²) in [5.74, 6) is 0. The second-order valence-corrected chi connectivity index (χ2v) is 5.54. The Bertz CT molecular complexity index is 483. The predicted molar refractivity (Wildman–Crippen MR) is 93.1 cm³/mol. The largest absolute Gasteiger partial charge is 0.450 e. The minimum atomic E-state index is -0.454. The average molecular weight is 336 g/mol. The Balaban J connectivity index is 2.96. The molecule has 2 amide bonds. The maximum atomic E-state index is 11.7. The van der Waals surface area contributed by atoms with Gasteiger partial charge >= 0.3 is 12.2 Å². The van der Waals surface area contributed by atoms with E-state index >= 15 is 0 Å². The smallest absolute Gasteiger partial charge is 0.407 e. The number of alkyl carbamates (subject to hydrolysis) is 2. The fourth-order valence-electron chi connectivity index (χ4n) is 2.70. The number of rotatable bonds is 9. The van der Waals surface area contributed by atoms with Gasteiger partial charge in [0.05, 0.1) is 13.2 Å². The third-order valence-electron chi connectivity index (χ3n) is 3.81.